The third-order valence-electron chi connectivity index (χ3n) is 19.0. The largest absolute Gasteiger partial charge is 0.413 e. The maximum absolute atomic E-state index is 16.6. The first-order valence-electron chi connectivity index (χ1n) is 31.7. The number of benzene rings is 10. The Morgan fingerprint density at radius 2 is 0.397 bits per heavy atom. The highest BCUT2D eigenvalue weighted by Crippen LogP contribution is 2.41. The van der Waals surface area contributed by atoms with E-state index in [2.05, 4.69) is 0 Å². The average molecular weight is 1660 g/mol. The van der Waals surface area contributed by atoms with Gasteiger partial charge in [-0.3, -0.25) is 19.2 Å². The van der Waals surface area contributed by atoms with Crippen molar-refractivity contribution in [2.45, 2.75) is 13.8 Å². The molecule has 0 atom stereocenters. The molecule has 0 bridgehead atoms. The molecule has 2 aliphatic rings. The molecule has 596 valence electrons. The van der Waals surface area contributed by atoms with E-state index in [4.69, 9.17) is 0 Å². The highest BCUT2D eigenvalue weighted by molar-refractivity contribution is 7.06. The maximum Gasteiger partial charge on any atom is 0.377 e. The Morgan fingerprint density at radius 1 is 0.224 bits per heavy atom. The van der Waals surface area contributed by atoms with Crippen molar-refractivity contribution in [3.8, 4) is 0 Å². The lowest BCUT2D eigenvalue weighted by Gasteiger charge is -2.38. The summed E-state index contributed by atoms with van der Waals surface area (Å²) in [6, 6.07) is 16.6. The van der Waals surface area contributed by atoms with Crippen LogP contribution >= 0.6 is 0 Å². The third kappa shape index (κ3) is 11.9. The van der Waals surface area contributed by atoms with E-state index in [0.717, 1.165) is 0 Å². The Bertz CT molecular complexity index is 5390. The standard InChI is InChI=1S/C60H12B2F30N4O4.2C7H7F/c63-27-21(28(64)40(76)51(87)39(27)75)61(22-29(65)41(77)52(88)42(78)30(22)66,23-31(67)43(79)53(89)44(80)32(23)68)93-9-1-3-13(11-93)95-57(97)15-5-7-17-20-18(8-6-16(19(15)20)58(95)98)60(100)96(59(17)99)14-4-2-10-94(12-14)62(24-33(69)45(81)54(90)46(82)34(24)70,25-35(71)47(83)55(91)48(84)36(25)72)26-37(73)49(85)56(92)50(86)38(26)74;2*1-6-4-2-3-5-7(6)8/h1-12H;2*2-5H,1H3. The smallest absolute Gasteiger partial charge is 0.377 e. The number of aromatic nitrogens is 2. The van der Waals surface area contributed by atoms with Crippen molar-refractivity contribution in [1.82, 2.24) is 0 Å². The number of hydrogen-bond donors (Lipinski definition) is 0. The first-order chi connectivity index (χ1) is 54.4. The number of amides is 4. The van der Waals surface area contributed by atoms with Gasteiger partial charge in [-0.25, -0.2) is 150 Å². The molecule has 0 saturated heterocycles. The fraction of sp³-hybridized carbons (Fsp3) is 0.0270. The number of carbonyl (C=O) groups excluding carboxylic acids is 4. The number of imide groups is 2. The van der Waals surface area contributed by atoms with Gasteiger partial charge in [0, 0.05) is 33.0 Å². The van der Waals surface area contributed by atoms with Crippen molar-refractivity contribution in [2.75, 3.05) is 9.80 Å². The van der Waals surface area contributed by atoms with Gasteiger partial charge < -0.3 is 8.96 Å². The Labute approximate surface area is 623 Å². The second-order valence-electron chi connectivity index (χ2n) is 25.0. The predicted molar refractivity (Wildman–Crippen MR) is 339 cm³/mol. The van der Waals surface area contributed by atoms with Crippen molar-refractivity contribution >= 4 is 91.1 Å². The fourth-order valence-electron chi connectivity index (χ4n) is 13.8. The Kier molecular flexibility index (Phi) is 21.1. The van der Waals surface area contributed by atoms with Crippen molar-refractivity contribution in [2.24, 2.45) is 0 Å². The topological polar surface area (TPSA) is 82.5 Å². The molecule has 4 amide bonds. The molecule has 10 aromatic carbocycles. The summed E-state index contributed by atoms with van der Waals surface area (Å²) in [5.41, 5.74) is -24.6. The molecule has 116 heavy (non-hydrogen) atoms. The van der Waals surface area contributed by atoms with Crippen LogP contribution in [0.1, 0.15) is 52.6 Å². The molecule has 8 nitrogen and oxygen atoms in total. The van der Waals surface area contributed by atoms with Crippen LogP contribution in [0.25, 0.3) is 10.8 Å². The molecule has 0 radical (unpaired) electrons. The summed E-state index contributed by atoms with van der Waals surface area (Å²) in [7, 11) is 0. The maximum atomic E-state index is 16.6. The summed E-state index contributed by atoms with van der Waals surface area (Å²) in [6.45, 7) is 3.49. The van der Waals surface area contributed by atoms with Crippen LogP contribution in [0.15, 0.2) is 122 Å². The van der Waals surface area contributed by atoms with Gasteiger partial charge in [0.1, 0.15) is 118 Å². The number of pyridine rings is 2. The van der Waals surface area contributed by atoms with Crippen LogP contribution in [0.4, 0.5) is 152 Å². The molecule has 12 aromatic rings. The van der Waals surface area contributed by atoms with E-state index in [1.807, 2.05) is 12.1 Å². The number of rotatable bonds is 10. The zero-order chi connectivity index (χ0) is 85.5. The summed E-state index contributed by atoms with van der Waals surface area (Å²) < 4.78 is 496. The van der Waals surface area contributed by atoms with Gasteiger partial charge in [0.15, 0.2) is 105 Å². The Balaban J connectivity index is 0.000000692. The zero-order valence-electron chi connectivity index (χ0n) is 56.2. The molecule has 42 heteroatoms. The van der Waals surface area contributed by atoms with E-state index in [9.17, 15) is 54.3 Å². The van der Waals surface area contributed by atoms with Crippen LogP contribution in [0, 0.1) is 200 Å². The SMILES string of the molecule is Cc1ccccc1F.Cc1ccccc1F.O=C1c2ccc3c4c(ccc(c24)C(=O)N1c1ccc[n+]([B-](c2c(F)c(F)c(F)c(F)c2F)(c2c(F)c(F)c(F)c(F)c2F)c2c(F)c(F)c(F)c(F)c2F)c1)C(=O)N(c1ccc[n+]([B-](c2c(F)c(F)c(F)c(F)c2F)(c2c(F)c(F)c(F)c(F)c2F)c2c(F)c(F)c(F)c(F)c2F)c1)C3=O. The Morgan fingerprint density at radius 3 is 0.560 bits per heavy atom. The van der Waals surface area contributed by atoms with Gasteiger partial charge in [0.25, 0.3) is 23.6 Å². The van der Waals surface area contributed by atoms with Gasteiger partial charge in [0.2, 0.25) is 0 Å². The summed E-state index contributed by atoms with van der Waals surface area (Å²) in [4.78, 5) is 58.9. The van der Waals surface area contributed by atoms with Gasteiger partial charge in [-0.2, -0.15) is 0 Å². The molecule has 4 heterocycles. The molecule has 14 rings (SSSR count). The van der Waals surface area contributed by atoms with Crippen molar-refractivity contribution in [1.29, 1.82) is 0 Å². The van der Waals surface area contributed by atoms with Crippen LogP contribution in [0.2, 0.25) is 0 Å². The van der Waals surface area contributed by atoms with E-state index < -0.39 is 297 Å². The highest BCUT2D eigenvalue weighted by atomic mass is 19.2. The molecule has 0 saturated carbocycles. The molecule has 0 unspecified atom stereocenters. The van der Waals surface area contributed by atoms with Crippen LogP contribution in [0.5, 0.6) is 0 Å². The van der Waals surface area contributed by atoms with Gasteiger partial charge in [-0.15, -0.1) is 0 Å². The van der Waals surface area contributed by atoms with E-state index >= 15 is 105 Å². The van der Waals surface area contributed by atoms with Crippen molar-refractivity contribution in [3.63, 3.8) is 0 Å². The number of halogens is 32. The van der Waals surface area contributed by atoms with Crippen molar-refractivity contribution < 1.29 is 169 Å². The minimum absolute atomic E-state index is 0.0924. The van der Waals surface area contributed by atoms with Crippen LogP contribution < -0.4 is 51.5 Å². The minimum Gasteiger partial charge on any atom is -0.413 e. The van der Waals surface area contributed by atoms with Gasteiger partial charge >= 0.3 is 12.6 Å². The lowest BCUT2D eigenvalue weighted by molar-refractivity contribution is -0.539. The highest BCUT2D eigenvalue weighted by Gasteiger charge is 2.60. The second-order valence-corrected chi connectivity index (χ2v) is 25.0. The van der Waals surface area contributed by atoms with Crippen LogP contribution in [-0.4, -0.2) is 36.2 Å². The van der Waals surface area contributed by atoms with E-state index in [1.54, 1.807) is 38.1 Å². The van der Waals surface area contributed by atoms with Gasteiger partial charge in [-0.05, 0) is 118 Å². The van der Waals surface area contributed by atoms with Crippen LogP contribution in [0.3, 0.4) is 0 Å². The van der Waals surface area contributed by atoms with E-state index in [1.165, 1.54) is 12.1 Å². The monoisotopic (exact) mass is 1660 g/mol. The number of carbonyl (C=O) groups is 4. The summed E-state index contributed by atoms with van der Waals surface area (Å²) in [6.07, 6.45) is -14.0. The molecule has 0 spiro atoms. The van der Waals surface area contributed by atoms with E-state index in [0.29, 0.717) is 47.5 Å². The lowest BCUT2D eigenvalue weighted by Crippen LogP contribution is -2.88. The molecule has 0 N–H and O–H groups in total. The fourth-order valence-corrected chi connectivity index (χ4v) is 13.8. The zero-order valence-corrected chi connectivity index (χ0v) is 56.2. The number of anilines is 2. The molecule has 0 aliphatic carbocycles. The molecule has 2 aliphatic heterocycles. The predicted octanol–water partition coefficient (Wildman–Crippen LogP) is 14.5. The van der Waals surface area contributed by atoms with Gasteiger partial charge in [0.05, 0.1) is 0 Å². The first kappa shape index (κ1) is 82.4. The first-order valence-corrected chi connectivity index (χ1v) is 31.7. The minimum atomic E-state index is -6.65. The molecule has 2 aromatic heterocycles. The number of nitrogens with zero attached hydrogens (tertiary/aromatic N) is 4. The summed E-state index contributed by atoms with van der Waals surface area (Å²) in [5.74, 6) is -110. The van der Waals surface area contributed by atoms with Crippen molar-refractivity contribution in [3.05, 3.63) is 341 Å². The molecule has 0 fully saturated rings. The molecular weight excluding hydrogens is 1640 g/mol. The lowest BCUT2D eigenvalue weighted by atomic mass is 9.23. The summed E-state index contributed by atoms with van der Waals surface area (Å²) >= 11 is 0. The quantitative estimate of drug-likeness (QED) is 0.0449. The van der Waals surface area contributed by atoms with E-state index in [-0.39, 0.29) is 58.4 Å². The average Bonchev–Trinajstić information content (AvgIpc) is 0.687. The number of aryl methyl sites for hydroxylation is 2. The van der Waals surface area contributed by atoms with Gasteiger partial charge in [-0.1, -0.05) is 36.4 Å². The Hall–Kier alpha value is -13.1. The summed E-state index contributed by atoms with van der Waals surface area (Å²) in [5, 5.41) is -1.80. The normalized spacial score (nSPS) is 12.8. The third-order valence-corrected chi connectivity index (χ3v) is 19.0. The molecular formula is C74H26B2F32N4O4. The van der Waals surface area contributed by atoms with Crippen LogP contribution in [-0.2, 0) is 0 Å². The second kappa shape index (κ2) is 29.7. The number of hydrogen-bond acceptors (Lipinski definition) is 4.